The summed E-state index contributed by atoms with van der Waals surface area (Å²) < 4.78 is 10.4. The maximum Gasteiger partial charge on any atom is 0.255 e. The average molecular weight is 343 g/mol. The van der Waals surface area contributed by atoms with Gasteiger partial charge in [0.05, 0.1) is 25.9 Å². The van der Waals surface area contributed by atoms with E-state index < -0.39 is 0 Å². The molecule has 0 bridgehead atoms. The number of pyridine rings is 1. The number of nitrogens with zero attached hydrogens (tertiary/aromatic N) is 2. The van der Waals surface area contributed by atoms with Crippen LogP contribution < -0.4 is 15.0 Å². The molecule has 132 valence electrons. The number of amides is 1. The first-order chi connectivity index (χ1) is 12.2. The Labute approximate surface area is 146 Å². The van der Waals surface area contributed by atoms with Gasteiger partial charge in [0.25, 0.3) is 5.91 Å². The van der Waals surface area contributed by atoms with Crippen molar-refractivity contribution in [3.05, 3.63) is 47.7 Å². The molecule has 0 spiro atoms. The summed E-state index contributed by atoms with van der Waals surface area (Å²) >= 11 is 0. The van der Waals surface area contributed by atoms with Crippen LogP contribution in [-0.2, 0) is 11.3 Å². The fourth-order valence-electron chi connectivity index (χ4n) is 2.64. The molecular formula is C18H21N3O4. The van der Waals surface area contributed by atoms with Crippen LogP contribution in [0, 0.1) is 0 Å². The summed E-state index contributed by atoms with van der Waals surface area (Å²) in [6.07, 6.45) is 1.73. The number of ether oxygens (including phenoxy) is 2. The number of nitrogens with one attached hydrogen (secondary N) is 1. The molecule has 0 radical (unpaired) electrons. The van der Waals surface area contributed by atoms with Crippen molar-refractivity contribution in [2.24, 2.45) is 0 Å². The third-order valence-electron chi connectivity index (χ3n) is 4.05. The number of carbonyl (C=O) groups excluding carboxylic acids is 1. The molecule has 1 saturated heterocycles. The lowest BCUT2D eigenvalue weighted by molar-refractivity contribution is 0.0948. The first-order valence-corrected chi connectivity index (χ1v) is 8.10. The number of benzene rings is 1. The van der Waals surface area contributed by atoms with Gasteiger partial charge >= 0.3 is 0 Å². The summed E-state index contributed by atoms with van der Waals surface area (Å²) in [7, 11) is 1.50. The van der Waals surface area contributed by atoms with Gasteiger partial charge in [-0.25, -0.2) is 4.98 Å². The molecule has 0 saturated carbocycles. The van der Waals surface area contributed by atoms with E-state index in [4.69, 9.17) is 9.47 Å². The number of aromatic nitrogens is 1. The molecule has 7 nitrogen and oxygen atoms in total. The second kappa shape index (κ2) is 7.85. The number of rotatable bonds is 5. The van der Waals surface area contributed by atoms with Gasteiger partial charge in [-0.15, -0.1) is 0 Å². The van der Waals surface area contributed by atoms with Crippen molar-refractivity contribution < 1.29 is 19.4 Å². The first kappa shape index (κ1) is 17.0. The molecule has 3 rings (SSSR count). The molecule has 2 aromatic rings. The third kappa shape index (κ3) is 4.19. The van der Waals surface area contributed by atoms with Gasteiger partial charge in [0, 0.05) is 31.9 Å². The van der Waals surface area contributed by atoms with Crippen molar-refractivity contribution in [3.63, 3.8) is 0 Å². The Hall–Kier alpha value is -2.80. The van der Waals surface area contributed by atoms with Gasteiger partial charge in [-0.3, -0.25) is 4.79 Å². The van der Waals surface area contributed by atoms with Crippen molar-refractivity contribution in [2.75, 3.05) is 38.3 Å². The van der Waals surface area contributed by atoms with Crippen molar-refractivity contribution in [1.29, 1.82) is 0 Å². The average Bonchev–Trinajstić information content (AvgIpc) is 2.67. The van der Waals surface area contributed by atoms with E-state index in [-0.39, 0.29) is 17.2 Å². The maximum absolute atomic E-state index is 12.3. The Morgan fingerprint density at radius 1 is 1.32 bits per heavy atom. The van der Waals surface area contributed by atoms with Crippen LogP contribution in [0.5, 0.6) is 11.5 Å². The molecule has 2 heterocycles. The van der Waals surface area contributed by atoms with Crippen molar-refractivity contribution in [2.45, 2.75) is 6.54 Å². The van der Waals surface area contributed by atoms with Crippen LogP contribution in [0.25, 0.3) is 0 Å². The standard InChI is InChI=1S/C18H21N3O4/c1-24-14-2-3-15(16(22)11-14)18(23)20-12-13-4-5-19-17(10-13)21-6-8-25-9-7-21/h2-5,10-11,22H,6-9,12H2,1H3,(H,20,23). The van der Waals surface area contributed by atoms with Crippen molar-refractivity contribution in [1.82, 2.24) is 10.3 Å². The second-order valence-corrected chi connectivity index (χ2v) is 5.69. The topological polar surface area (TPSA) is 83.9 Å². The van der Waals surface area contributed by atoms with Gasteiger partial charge in [0.2, 0.25) is 0 Å². The van der Waals surface area contributed by atoms with Gasteiger partial charge in [-0.2, -0.15) is 0 Å². The molecule has 7 heteroatoms. The summed E-state index contributed by atoms with van der Waals surface area (Å²) in [5.41, 5.74) is 1.15. The Balaban J connectivity index is 1.64. The number of phenols is 1. The van der Waals surface area contributed by atoms with Gasteiger partial charge < -0.3 is 24.8 Å². The summed E-state index contributed by atoms with van der Waals surface area (Å²) in [6.45, 7) is 3.36. The molecule has 0 atom stereocenters. The number of carbonyl (C=O) groups is 1. The fraction of sp³-hybridized carbons (Fsp3) is 0.333. The largest absolute Gasteiger partial charge is 0.507 e. The summed E-state index contributed by atoms with van der Waals surface area (Å²) in [6, 6.07) is 8.41. The van der Waals surface area contributed by atoms with Gasteiger partial charge in [0.1, 0.15) is 17.3 Å². The minimum Gasteiger partial charge on any atom is -0.507 e. The number of aromatic hydroxyl groups is 1. The normalized spacial score (nSPS) is 14.2. The zero-order chi connectivity index (χ0) is 17.6. The lowest BCUT2D eigenvalue weighted by Gasteiger charge is -2.28. The third-order valence-corrected chi connectivity index (χ3v) is 4.05. The summed E-state index contributed by atoms with van der Waals surface area (Å²) in [5, 5.41) is 12.7. The molecule has 0 aliphatic carbocycles. The number of hydrogen-bond donors (Lipinski definition) is 2. The molecule has 1 aromatic carbocycles. The summed E-state index contributed by atoms with van der Waals surface area (Å²) in [5.74, 6) is 0.922. The molecule has 1 aromatic heterocycles. The van der Waals surface area contributed by atoms with Crippen molar-refractivity contribution >= 4 is 11.7 Å². The van der Waals surface area contributed by atoms with Crippen LogP contribution in [0.15, 0.2) is 36.5 Å². The highest BCUT2D eigenvalue weighted by molar-refractivity contribution is 5.96. The molecule has 1 amide bonds. The van der Waals surface area contributed by atoms with Crippen LogP contribution in [-0.4, -0.2) is 49.4 Å². The molecule has 1 aliphatic rings. The van der Waals surface area contributed by atoms with E-state index in [1.54, 1.807) is 12.3 Å². The zero-order valence-electron chi connectivity index (χ0n) is 14.1. The molecule has 1 aliphatic heterocycles. The lowest BCUT2D eigenvalue weighted by Crippen LogP contribution is -2.36. The lowest BCUT2D eigenvalue weighted by atomic mass is 10.1. The highest BCUT2D eigenvalue weighted by Crippen LogP contribution is 2.23. The molecule has 25 heavy (non-hydrogen) atoms. The predicted octanol–water partition coefficient (Wildman–Crippen LogP) is 1.56. The number of hydrogen-bond acceptors (Lipinski definition) is 6. The van der Waals surface area contributed by atoms with E-state index in [1.165, 1.54) is 19.2 Å². The number of methoxy groups -OCH3 is 1. The quantitative estimate of drug-likeness (QED) is 0.857. The zero-order valence-corrected chi connectivity index (χ0v) is 14.1. The van der Waals surface area contributed by atoms with Crippen LogP contribution in [0.4, 0.5) is 5.82 Å². The van der Waals surface area contributed by atoms with E-state index in [2.05, 4.69) is 15.2 Å². The molecule has 2 N–H and O–H groups in total. The maximum atomic E-state index is 12.3. The first-order valence-electron chi connectivity index (χ1n) is 8.10. The molecular weight excluding hydrogens is 322 g/mol. The number of phenolic OH excluding ortho intramolecular Hbond substituents is 1. The van der Waals surface area contributed by atoms with Gasteiger partial charge in [-0.1, -0.05) is 0 Å². The molecule has 1 fully saturated rings. The van der Waals surface area contributed by atoms with Crippen LogP contribution in [0.1, 0.15) is 15.9 Å². The van der Waals surface area contributed by atoms with E-state index in [1.807, 2.05) is 12.1 Å². The molecule has 0 unspecified atom stereocenters. The van der Waals surface area contributed by atoms with Crippen LogP contribution in [0.2, 0.25) is 0 Å². The second-order valence-electron chi connectivity index (χ2n) is 5.69. The van der Waals surface area contributed by atoms with Crippen LogP contribution >= 0.6 is 0 Å². The van der Waals surface area contributed by atoms with E-state index in [9.17, 15) is 9.90 Å². The minimum atomic E-state index is -0.343. The monoisotopic (exact) mass is 343 g/mol. The van der Waals surface area contributed by atoms with E-state index in [0.717, 1.165) is 24.5 Å². The Morgan fingerprint density at radius 3 is 2.84 bits per heavy atom. The SMILES string of the molecule is COc1ccc(C(=O)NCc2ccnc(N3CCOCC3)c2)c(O)c1. The predicted molar refractivity (Wildman–Crippen MR) is 93.1 cm³/mol. The van der Waals surface area contributed by atoms with E-state index in [0.29, 0.717) is 25.5 Å². The van der Waals surface area contributed by atoms with E-state index >= 15 is 0 Å². The smallest absolute Gasteiger partial charge is 0.255 e. The highest BCUT2D eigenvalue weighted by Gasteiger charge is 2.14. The Bertz CT molecular complexity index is 745. The Morgan fingerprint density at radius 2 is 2.12 bits per heavy atom. The fourth-order valence-corrected chi connectivity index (χ4v) is 2.64. The van der Waals surface area contributed by atoms with Crippen molar-refractivity contribution in [3.8, 4) is 11.5 Å². The number of anilines is 1. The number of morpholine rings is 1. The minimum absolute atomic E-state index is 0.111. The van der Waals surface area contributed by atoms with Crippen LogP contribution in [0.3, 0.4) is 0 Å². The highest BCUT2D eigenvalue weighted by atomic mass is 16.5. The Kier molecular flexibility index (Phi) is 5.35. The summed E-state index contributed by atoms with van der Waals surface area (Å²) in [4.78, 5) is 18.8. The van der Waals surface area contributed by atoms with Gasteiger partial charge in [0.15, 0.2) is 0 Å². The van der Waals surface area contributed by atoms with Gasteiger partial charge in [-0.05, 0) is 29.8 Å².